The van der Waals surface area contributed by atoms with Crippen molar-refractivity contribution in [1.29, 1.82) is 0 Å². The third-order valence-electron chi connectivity index (χ3n) is 5.15. The molecule has 0 aliphatic heterocycles. The molecule has 5 rings (SSSR count). The second-order valence-electron chi connectivity index (χ2n) is 7.39. The number of benzene rings is 2. The van der Waals surface area contributed by atoms with Crippen LogP contribution in [0.15, 0.2) is 67.0 Å². The predicted molar refractivity (Wildman–Crippen MR) is 122 cm³/mol. The number of fused-ring (bicyclic) bond motifs is 2. The van der Waals surface area contributed by atoms with Crippen molar-refractivity contribution in [3.05, 3.63) is 89.4 Å². The van der Waals surface area contributed by atoms with E-state index < -0.39 is 0 Å². The Bertz CT molecular complexity index is 1370. The van der Waals surface area contributed by atoms with Crippen LogP contribution in [0.4, 0.5) is 5.13 Å². The Morgan fingerprint density at radius 1 is 1.10 bits per heavy atom. The predicted octanol–water partition coefficient (Wildman–Crippen LogP) is 5.64. The van der Waals surface area contributed by atoms with E-state index in [0.29, 0.717) is 17.2 Å². The summed E-state index contributed by atoms with van der Waals surface area (Å²) in [4.78, 5) is 27.9. The number of aromatic amines is 1. The molecule has 5 nitrogen and oxygen atoms in total. The lowest BCUT2D eigenvalue weighted by Crippen LogP contribution is -2.30. The van der Waals surface area contributed by atoms with Gasteiger partial charge in [0.2, 0.25) is 0 Å². The molecule has 6 heteroatoms. The summed E-state index contributed by atoms with van der Waals surface area (Å²) in [7, 11) is 0. The molecule has 3 heterocycles. The zero-order valence-corrected chi connectivity index (χ0v) is 17.5. The third-order valence-corrected chi connectivity index (χ3v) is 6.38. The largest absolute Gasteiger partial charge is 0.360 e. The number of H-pyrrole nitrogens is 1. The van der Waals surface area contributed by atoms with Crippen LogP contribution in [0.25, 0.3) is 21.1 Å². The van der Waals surface area contributed by atoms with Crippen molar-refractivity contribution < 1.29 is 4.79 Å². The summed E-state index contributed by atoms with van der Waals surface area (Å²) in [6, 6.07) is 17.8. The first-order valence-electron chi connectivity index (χ1n) is 9.76. The minimum absolute atomic E-state index is 0.0912. The maximum Gasteiger partial charge on any atom is 0.262 e. The summed E-state index contributed by atoms with van der Waals surface area (Å²) < 4.78 is 1.10. The van der Waals surface area contributed by atoms with Crippen LogP contribution >= 0.6 is 11.3 Å². The number of hydrogen-bond donors (Lipinski definition) is 1. The first kappa shape index (κ1) is 18.5. The highest BCUT2D eigenvalue weighted by Crippen LogP contribution is 2.34. The molecular weight excluding hydrogens is 392 g/mol. The van der Waals surface area contributed by atoms with Gasteiger partial charge < -0.3 is 4.98 Å². The van der Waals surface area contributed by atoms with Crippen molar-refractivity contribution in [3.8, 4) is 0 Å². The standard InChI is InChI=1S/C24H20N4OS/c1-15-11-16(2)22-21(12-15)27-24(30-22)28(14-17-7-5-6-10-25-17)23(29)19-13-26-20-9-4-3-8-18(19)20/h3-13,26H,14H2,1-2H3. The lowest BCUT2D eigenvalue weighted by atomic mass is 10.1. The Kier molecular flexibility index (Phi) is 4.56. The summed E-state index contributed by atoms with van der Waals surface area (Å²) in [6.07, 6.45) is 3.52. The van der Waals surface area contributed by atoms with Crippen LogP contribution < -0.4 is 4.90 Å². The number of carbonyl (C=O) groups is 1. The Balaban J connectivity index is 1.63. The second kappa shape index (κ2) is 7.39. The van der Waals surface area contributed by atoms with Crippen molar-refractivity contribution >= 4 is 43.5 Å². The second-order valence-corrected chi connectivity index (χ2v) is 8.36. The van der Waals surface area contributed by atoms with Crippen molar-refractivity contribution in [2.24, 2.45) is 0 Å². The highest BCUT2D eigenvalue weighted by Gasteiger charge is 2.24. The lowest BCUT2D eigenvalue weighted by molar-refractivity contribution is 0.0986. The fourth-order valence-corrected chi connectivity index (χ4v) is 4.77. The molecule has 0 fully saturated rings. The molecule has 0 saturated carbocycles. The van der Waals surface area contributed by atoms with Crippen molar-refractivity contribution in [1.82, 2.24) is 15.0 Å². The highest BCUT2D eigenvalue weighted by atomic mass is 32.1. The van der Waals surface area contributed by atoms with Gasteiger partial charge in [-0.2, -0.15) is 0 Å². The molecule has 30 heavy (non-hydrogen) atoms. The van der Waals surface area contributed by atoms with Crippen molar-refractivity contribution in [2.45, 2.75) is 20.4 Å². The monoisotopic (exact) mass is 412 g/mol. The topological polar surface area (TPSA) is 61.9 Å². The van der Waals surface area contributed by atoms with E-state index in [-0.39, 0.29) is 5.91 Å². The van der Waals surface area contributed by atoms with Crippen LogP contribution in [0.2, 0.25) is 0 Å². The number of para-hydroxylation sites is 1. The van der Waals surface area contributed by atoms with Gasteiger partial charge in [0.25, 0.3) is 5.91 Å². The van der Waals surface area contributed by atoms with Gasteiger partial charge in [-0.3, -0.25) is 14.7 Å². The summed E-state index contributed by atoms with van der Waals surface area (Å²) in [5, 5.41) is 1.58. The normalized spacial score (nSPS) is 11.3. The smallest absolute Gasteiger partial charge is 0.262 e. The van der Waals surface area contributed by atoms with Gasteiger partial charge in [-0.05, 0) is 49.2 Å². The molecule has 1 N–H and O–H groups in total. The molecule has 0 bridgehead atoms. The number of nitrogens with one attached hydrogen (secondary N) is 1. The Labute approximate surface area is 178 Å². The van der Waals surface area contributed by atoms with Crippen LogP contribution in [0.1, 0.15) is 27.2 Å². The number of rotatable bonds is 4. The number of thiazole rings is 1. The van der Waals surface area contributed by atoms with Crippen LogP contribution in [0, 0.1) is 13.8 Å². The van der Waals surface area contributed by atoms with Gasteiger partial charge in [0.1, 0.15) is 0 Å². The number of amides is 1. The van der Waals surface area contributed by atoms with Gasteiger partial charge in [-0.1, -0.05) is 41.7 Å². The molecule has 148 valence electrons. The number of anilines is 1. The van der Waals surface area contributed by atoms with E-state index in [0.717, 1.165) is 32.4 Å². The zero-order chi connectivity index (χ0) is 20.7. The molecule has 3 aromatic heterocycles. The molecule has 0 aliphatic rings. The van der Waals surface area contributed by atoms with E-state index in [4.69, 9.17) is 4.98 Å². The average Bonchev–Trinajstić information content (AvgIpc) is 3.37. The fraction of sp³-hybridized carbons (Fsp3) is 0.125. The van der Waals surface area contributed by atoms with E-state index >= 15 is 0 Å². The molecule has 2 aromatic carbocycles. The molecule has 0 unspecified atom stereocenters. The summed E-state index contributed by atoms with van der Waals surface area (Å²) >= 11 is 1.55. The van der Waals surface area contributed by atoms with E-state index in [1.54, 1.807) is 28.6 Å². The van der Waals surface area contributed by atoms with Crippen LogP contribution in [-0.4, -0.2) is 20.9 Å². The van der Waals surface area contributed by atoms with Crippen molar-refractivity contribution in [3.63, 3.8) is 0 Å². The van der Waals surface area contributed by atoms with Gasteiger partial charge in [-0.15, -0.1) is 0 Å². The molecular formula is C24H20N4OS. The van der Waals surface area contributed by atoms with Crippen LogP contribution in [0.5, 0.6) is 0 Å². The summed E-state index contributed by atoms with van der Waals surface area (Å²) in [6.45, 7) is 4.51. The lowest BCUT2D eigenvalue weighted by Gasteiger charge is -2.19. The number of aryl methyl sites for hydroxylation is 2. The number of pyridine rings is 1. The van der Waals surface area contributed by atoms with E-state index in [2.05, 4.69) is 35.9 Å². The summed E-state index contributed by atoms with van der Waals surface area (Å²) in [5.41, 5.74) is 5.65. The van der Waals surface area contributed by atoms with E-state index in [9.17, 15) is 4.79 Å². The molecule has 5 aromatic rings. The highest BCUT2D eigenvalue weighted by molar-refractivity contribution is 7.22. The maximum atomic E-state index is 13.7. The molecule has 0 radical (unpaired) electrons. The van der Waals surface area contributed by atoms with Gasteiger partial charge >= 0.3 is 0 Å². The number of carbonyl (C=O) groups excluding carboxylic acids is 1. The molecule has 0 atom stereocenters. The third kappa shape index (κ3) is 3.25. The molecule has 0 saturated heterocycles. The maximum absolute atomic E-state index is 13.7. The Hall–Kier alpha value is -3.51. The van der Waals surface area contributed by atoms with Gasteiger partial charge in [0.05, 0.1) is 28.0 Å². The number of nitrogens with zero attached hydrogens (tertiary/aromatic N) is 3. The summed E-state index contributed by atoms with van der Waals surface area (Å²) in [5.74, 6) is -0.0912. The van der Waals surface area contributed by atoms with Crippen LogP contribution in [-0.2, 0) is 6.54 Å². The van der Waals surface area contributed by atoms with E-state index in [1.165, 1.54) is 5.56 Å². The molecule has 1 amide bonds. The van der Waals surface area contributed by atoms with Crippen LogP contribution in [0.3, 0.4) is 0 Å². The fourth-order valence-electron chi connectivity index (χ4n) is 3.75. The Morgan fingerprint density at radius 2 is 1.93 bits per heavy atom. The van der Waals surface area contributed by atoms with E-state index in [1.807, 2.05) is 42.5 Å². The van der Waals surface area contributed by atoms with Crippen molar-refractivity contribution in [2.75, 3.05) is 4.90 Å². The first-order valence-corrected chi connectivity index (χ1v) is 10.6. The van der Waals surface area contributed by atoms with Gasteiger partial charge in [0.15, 0.2) is 5.13 Å². The Morgan fingerprint density at radius 3 is 2.77 bits per heavy atom. The number of aromatic nitrogens is 3. The van der Waals surface area contributed by atoms with Gasteiger partial charge in [-0.25, -0.2) is 4.98 Å². The minimum Gasteiger partial charge on any atom is -0.360 e. The first-order chi connectivity index (χ1) is 14.6. The average molecular weight is 413 g/mol. The SMILES string of the molecule is Cc1cc(C)c2sc(N(Cc3ccccn3)C(=O)c3c[nH]c4ccccc34)nc2c1. The quantitative estimate of drug-likeness (QED) is 0.416. The minimum atomic E-state index is -0.0912. The molecule has 0 spiro atoms. The zero-order valence-electron chi connectivity index (χ0n) is 16.7. The number of hydrogen-bond acceptors (Lipinski definition) is 4. The molecule has 0 aliphatic carbocycles. The van der Waals surface area contributed by atoms with Gasteiger partial charge in [0, 0.05) is 23.3 Å².